The second-order valence-corrected chi connectivity index (χ2v) is 9.28. The lowest BCUT2D eigenvalue weighted by atomic mass is 10.1. The minimum atomic E-state index is -3.56. The summed E-state index contributed by atoms with van der Waals surface area (Å²) in [4.78, 5) is 12.6. The lowest BCUT2D eigenvalue weighted by molar-refractivity contribution is 0.0940. The zero-order chi connectivity index (χ0) is 20.2. The molecular formula is C20H25ClN2O3S. The Morgan fingerprint density at radius 3 is 2.30 bits per heavy atom. The van der Waals surface area contributed by atoms with Gasteiger partial charge in [-0.1, -0.05) is 23.7 Å². The molecule has 7 heteroatoms. The first-order chi connectivity index (χ1) is 12.6. The van der Waals surface area contributed by atoms with Gasteiger partial charge in [-0.15, -0.1) is 0 Å². The number of rotatable bonds is 7. The van der Waals surface area contributed by atoms with Crippen molar-refractivity contribution in [3.63, 3.8) is 0 Å². The van der Waals surface area contributed by atoms with Crippen LogP contribution in [0.15, 0.2) is 53.4 Å². The molecule has 0 aliphatic heterocycles. The summed E-state index contributed by atoms with van der Waals surface area (Å²) < 4.78 is 26.3. The summed E-state index contributed by atoms with van der Waals surface area (Å²) >= 11 is 5.98. The lowest BCUT2D eigenvalue weighted by Gasteiger charge is -2.21. The Hall–Kier alpha value is -1.89. The van der Waals surface area contributed by atoms with E-state index in [0.717, 1.165) is 5.56 Å². The van der Waals surface area contributed by atoms with Crippen LogP contribution >= 0.6 is 11.6 Å². The van der Waals surface area contributed by atoms with Crippen LogP contribution in [0.2, 0.25) is 5.02 Å². The highest BCUT2D eigenvalue weighted by molar-refractivity contribution is 7.89. The minimum absolute atomic E-state index is 0.0912. The van der Waals surface area contributed by atoms with E-state index in [1.807, 2.05) is 25.1 Å². The summed E-state index contributed by atoms with van der Waals surface area (Å²) in [6.45, 7) is 5.52. The SMILES string of the molecule is CC(Cc1cccc(Cl)c1)NC(=O)c1ccc(S(=O)(=O)N(C)C(C)C)cc1. The predicted molar refractivity (Wildman–Crippen MR) is 109 cm³/mol. The van der Waals surface area contributed by atoms with Crippen LogP contribution < -0.4 is 5.32 Å². The number of carbonyl (C=O) groups excluding carboxylic acids is 1. The topological polar surface area (TPSA) is 66.5 Å². The molecule has 0 spiro atoms. The maximum absolute atomic E-state index is 12.5. The average Bonchev–Trinajstić information content (AvgIpc) is 2.60. The molecule has 0 aliphatic carbocycles. The summed E-state index contributed by atoms with van der Waals surface area (Å²) in [5, 5.41) is 3.58. The van der Waals surface area contributed by atoms with Crippen molar-refractivity contribution < 1.29 is 13.2 Å². The lowest BCUT2D eigenvalue weighted by Crippen LogP contribution is -2.34. The van der Waals surface area contributed by atoms with E-state index in [1.54, 1.807) is 19.9 Å². The number of halogens is 1. The van der Waals surface area contributed by atoms with E-state index in [4.69, 9.17) is 11.6 Å². The molecule has 27 heavy (non-hydrogen) atoms. The maximum atomic E-state index is 12.5. The first-order valence-electron chi connectivity index (χ1n) is 8.74. The molecule has 0 fully saturated rings. The Kier molecular flexibility index (Phi) is 7.03. The van der Waals surface area contributed by atoms with Gasteiger partial charge in [0.25, 0.3) is 5.91 Å². The summed E-state index contributed by atoms with van der Waals surface area (Å²) in [5.41, 5.74) is 1.45. The number of benzene rings is 2. The number of sulfonamides is 1. The monoisotopic (exact) mass is 408 g/mol. The fourth-order valence-corrected chi connectivity index (χ4v) is 4.18. The van der Waals surface area contributed by atoms with Crippen LogP contribution in [0.1, 0.15) is 36.7 Å². The molecule has 2 rings (SSSR count). The average molecular weight is 409 g/mol. The molecule has 2 aromatic carbocycles. The molecule has 1 N–H and O–H groups in total. The van der Waals surface area contributed by atoms with Crippen molar-refractivity contribution in [1.82, 2.24) is 9.62 Å². The molecule has 0 saturated carbocycles. The highest BCUT2D eigenvalue weighted by atomic mass is 35.5. The molecule has 0 heterocycles. The molecule has 0 radical (unpaired) electrons. The number of nitrogens with zero attached hydrogens (tertiary/aromatic N) is 1. The van der Waals surface area contributed by atoms with Crippen LogP contribution in [0.5, 0.6) is 0 Å². The summed E-state index contributed by atoms with van der Waals surface area (Å²) in [5.74, 6) is -0.245. The van der Waals surface area contributed by atoms with E-state index in [2.05, 4.69) is 5.32 Å². The van der Waals surface area contributed by atoms with Gasteiger partial charge in [-0.05, 0) is 69.2 Å². The fraction of sp³-hybridized carbons (Fsp3) is 0.350. The van der Waals surface area contributed by atoms with Gasteiger partial charge < -0.3 is 5.32 Å². The third-order valence-electron chi connectivity index (χ3n) is 4.33. The molecular weight excluding hydrogens is 384 g/mol. The number of carbonyl (C=O) groups is 1. The largest absolute Gasteiger partial charge is 0.349 e. The van der Waals surface area contributed by atoms with Crippen LogP contribution in [-0.4, -0.2) is 37.8 Å². The molecule has 1 amide bonds. The first kappa shape index (κ1) is 21.4. The zero-order valence-corrected chi connectivity index (χ0v) is 17.5. The van der Waals surface area contributed by atoms with Gasteiger partial charge in [0.1, 0.15) is 0 Å². The van der Waals surface area contributed by atoms with E-state index in [-0.39, 0.29) is 22.9 Å². The van der Waals surface area contributed by atoms with Crippen molar-refractivity contribution in [2.24, 2.45) is 0 Å². The van der Waals surface area contributed by atoms with Crippen LogP contribution in [0.25, 0.3) is 0 Å². The standard InChI is InChI=1S/C20H25ClN2O3S/c1-14(2)23(4)27(25,26)19-10-8-17(9-11-19)20(24)22-15(3)12-16-6-5-7-18(21)13-16/h5-11,13-15H,12H2,1-4H3,(H,22,24). The van der Waals surface area contributed by atoms with Gasteiger partial charge in [-0.25, -0.2) is 8.42 Å². The van der Waals surface area contributed by atoms with E-state index < -0.39 is 10.0 Å². The summed E-state index contributed by atoms with van der Waals surface area (Å²) in [6.07, 6.45) is 0.651. The van der Waals surface area contributed by atoms with Gasteiger partial charge in [0.05, 0.1) is 4.90 Å². The van der Waals surface area contributed by atoms with Crippen LogP contribution in [0.4, 0.5) is 0 Å². The van der Waals surface area contributed by atoms with Crippen LogP contribution in [0, 0.1) is 0 Å². The molecule has 0 aromatic heterocycles. The Morgan fingerprint density at radius 2 is 1.74 bits per heavy atom. The molecule has 0 aliphatic rings. The first-order valence-corrected chi connectivity index (χ1v) is 10.6. The highest BCUT2D eigenvalue weighted by Gasteiger charge is 2.23. The Morgan fingerprint density at radius 1 is 1.11 bits per heavy atom. The molecule has 146 valence electrons. The highest BCUT2D eigenvalue weighted by Crippen LogP contribution is 2.17. The van der Waals surface area contributed by atoms with Gasteiger partial charge in [0.15, 0.2) is 0 Å². The third kappa shape index (κ3) is 5.54. The molecule has 2 aromatic rings. The maximum Gasteiger partial charge on any atom is 0.251 e. The van der Waals surface area contributed by atoms with Crippen molar-refractivity contribution in [3.05, 3.63) is 64.7 Å². The van der Waals surface area contributed by atoms with Crippen LogP contribution in [0.3, 0.4) is 0 Å². The fourth-order valence-electron chi connectivity index (χ4n) is 2.60. The van der Waals surface area contributed by atoms with E-state index in [1.165, 1.54) is 35.6 Å². The van der Waals surface area contributed by atoms with Crippen molar-refractivity contribution >= 4 is 27.5 Å². The smallest absolute Gasteiger partial charge is 0.251 e. The van der Waals surface area contributed by atoms with Gasteiger partial charge in [-0.2, -0.15) is 4.31 Å². The van der Waals surface area contributed by atoms with E-state index in [0.29, 0.717) is 17.0 Å². The molecule has 1 unspecified atom stereocenters. The number of amides is 1. The van der Waals surface area contributed by atoms with Gasteiger partial charge in [0.2, 0.25) is 10.0 Å². The Balaban J connectivity index is 2.05. The predicted octanol–water partition coefficient (Wildman–Crippen LogP) is 3.73. The zero-order valence-electron chi connectivity index (χ0n) is 15.9. The Labute approximate surface area is 166 Å². The second-order valence-electron chi connectivity index (χ2n) is 6.85. The van der Waals surface area contributed by atoms with Gasteiger partial charge in [-0.3, -0.25) is 4.79 Å². The van der Waals surface area contributed by atoms with Gasteiger partial charge >= 0.3 is 0 Å². The van der Waals surface area contributed by atoms with Crippen molar-refractivity contribution in [2.75, 3.05) is 7.05 Å². The number of hydrogen-bond donors (Lipinski definition) is 1. The van der Waals surface area contributed by atoms with Crippen molar-refractivity contribution in [1.29, 1.82) is 0 Å². The normalized spacial score (nSPS) is 13.0. The Bertz CT molecular complexity index is 896. The molecule has 1 atom stereocenters. The summed E-state index contributed by atoms with van der Waals surface area (Å²) in [6, 6.07) is 13.3. The second kappa shape index (κ2) is 8.87. The minimum Gasteiger partial charge on any atom is -0.349 e. The molecule has 5 nitrogen and oxygen atoms in total. The van der Waals surface area contributed by atoms with Crippen molar-refractivity contribution in [2.45, 2.75) is 44.2 Å². The summed E-state index contributed by atoms with van der Waals surface area (Å²) in [7, 11) is -2.02. The van der Waals surface area contributed by atoms with E-state index in [9.17, 15) is 13.2 Å². The molecule has 0 bridgehead atoms. The van der Waals surface area contributed by atoms with Crippen molar-refractivity contribution in [3.8, 4) is 0 Å². The van der Waals surface area contributed by atoms with E-state index >= 15 is 0 Å². The molecule has 0 saturated heterocycles. The third-order valence-corrected chi connectivity index (χ3v) is 6.61. The number of nitrogens with one attached hydrogen (secondary N) is 1. The quantitative estimate of drug-likeness (QED) is 0.759. The van der Waals surface area contributed by atoms with Crippen LogP contribution in [-0.2, 0) is 16.4 Å². The number of hydrogen-bond acceptors (Lipinski definition) is 3. The van der Waals surface area contributed by atoms with Gasteiger partial charge in [0, 0.05) is 29.7 Å².